The lowest BCUT2D eigenvalue weighted by Crippen LogP contribution is -2.18. The van der Waals surface area contributed by atoms with Gasteiger partial charge in [-0.15, -0.1) is 11.8 Å². The van der Waals surface area contributed by atoms with E-state index >= 15 is 0 Å². The fourth-order valence-corrected chi connectivity index (χ4v) is 3.32. The molecule has 0 fully saturated rings. The molecule has 0 atom stereocenters. The molecule has 0 saturated carbocycles. The summed E-state index contributed by atoms with van der Waals surface area (Å²) < 4.78 is 0. The molecule has 2 aromatic carbocycles. The number of anilines is 1. The fraction of sp³-hybridized carbons (Fsp3) is 0.176. The zero-order valence-corrected chi connectivity index (χ0v) is 15.3. The van der Waals surface area contributed by atoms with E-state index in [4.69, 9.17) is 23.2 Å². The Labute approximate surface area is 154 Å². The van der Waals surface area contributed by atoms with Gasteiger partial charge in [0.25, 0.3) is 5.91 Å². The summed E-state index contributed by atoms with van der Waals surface area (Å²) in [6, 6.07) is 12.0. The highest BCUT2D eigenvalue weighted by atomic mass is 35.5. The molecule has 0 spiro atoms. The summed E-state index contributed by atoms with van der Waals surface area (Å²) in [7, 11) is 1.57. The van der Waals surface area contributed by atoms with Crippen molar-refractivity contribution < 1.29 is 9.59 Å². The average molecular weight is 383 g/mol. The normalized spacial score (nSPS) is 10.3. The second-order valence-electron chi connectivity index (χ2n) is 4.93. The van der Waals surface area contributed by atoms with E-state index in [1.165, 1.54) is 11.8 Å². The van der Waals surface area contributed by atoms with Gasteiger partial charge in [0.1, 0.15) is 0 Å². The van der Waals surface area contributed by atoms with Gasteiger partial charge in [-0.1, -0.05) is 29.3 Å². The molecule has 2 rings (SSSR count). The lowest BCUT2D eigenvalue weighted by molar-refractivity contribution is -0.113. The molecule has 0 bridgehead atoms. The highest BCUT2D eigenvalue weighted by molar-refractivity contribution is 7.99. The minimum atomic E-state index is -0.164. The zero-order chi connectivity index (χ0) is 17.5. The first-order valence-electron chi connectivity index (χ1n) is 7.13. The van der Waals surface area contributed by atoms with Gasteiger partial charge >= 0.3 is 0 Å². The van der Waals surface area contributed by atoms with Gasteiger partial charge in [0, 0.05) is 34.1 Å². The van der Waals surface area contributed by atoms with E-state index in [-0.39, 0.29) is 11.8 Å². The van der Waals surface area contributed by atoms with Crippen LogP contribution in [-0.2, 0) is 10.5 Å². The van der Waals surface area contributed by atoms with Crippen molar-refractivity contribution in [2.75, 3.05) is 18.1 Å². The van der Waals surface area contributed by atoms with Gasteiger partial charge in [-0.05, 0) is 42.0 Å². The monoisotopic (exact) mass is 382 g/mol. The molecule has 0 aliphatic carbocycles. The SMILES string of the molecule is CNC(=O)c1ccc(NC(=O)CSCc2ccc(Cl)cc2Cl)cc1. The molecule has 0 heterocycles. The zero-order valence-electron chi connectivity index (χ0n) is 12.9. The summed E-state index contributed by atoms with van der Waals surface area (Å²) in [5.41, 5.74) is 2.13. The van der Waals surface area contributed by atoms with Gasteiger partial charge in [0.2, 0.25) is 5.91 Å². The van der Waals surface area contributed by atoms with Crippen LogP contribution < -0.4 is 10.6 Å². The number of thioether (sulfide) groups is 1. The second-order valence-corrected chi connectivity index (χ2v) is 6.76. The van der Waals surface area contributed by atoms with Gasteiger partial charge < -0.3 is 10.6 Å². The standard InChI is InChI=1S/C17H16Cl2N2O2S/c1-20-17(23)11-3-6-14(7-4-11)21-16(22)10-24-9-12-2-5-13(18)8-15(12)19/h2-8H,9-10H2,1H3,(H,20,23)(H,21,22). The molecule has 2 aromatic rings. The molecule has 126 valence electrons. The number of carbonyl (C=O) groups excluding carboxylic acids is 2. The van der Waals surface area contributed by atoms with E-state index in [1.54, 1.807) is 43.4 Å². The molecule has 2 N–H and O–H groups in total. The Bertz CT molecular complexity index is 736. The van der Waals surface area contributed by atoms with Gasteiger partial charge in [-0.25, -0.2) is 0 Å². The van der Waals surface area contributed by atoms with Crippen LogP contribution in [0, 0.1) is 0 Å². The topological polar surface area (TPSA) is 58.2 Å². The maximum atomic E-state index is 12.0. The predicted molar refractivity (Wildman–Crippen MR) is 101 cm³/mol. The van der Waals surface area contributed by atoms with Crippen LogP contribution in [0.25, 0.3) is 0 Å². The summed E-state index contributed by atoms with van der Waals surface area (Å²) in [5, 5.41) is 6.52. The third-order valence-electron chi connectivity index (χ3n) is 3.16. The van der Waals surface area contributed by atoms with Gasteiger partial charge in [0.05, 0.1) is 5.75 Å². The Hall–Kier alpha value is -1.69. The van der Waals surface area contributed by atoms with Crippen molar-refractivity contribution in [3.8, 4) is 0 Å². The van der Waals surface area contributed by atoms with Crippen molar-refractivity contribution in [1.29, 1.82) is 0 Å². The Balaban J connectivity index is 1.81. The lowest BCUT2D eigenvalue weighted by Gasteiger charge is -2.07. The molecule has 0 aromatic heterocycles. The quantitative estimate of drug-likeness (QED) is 0.785. The van der Waals surface area contributed by atoms with E-state index in [2.05, 4.69) is 10.6 Å². The molecular weight excluding hydrogens is 367 g/mol. The number of nitrogens with one attached hydrogen (secondary N) is 2. The van der Waals surface area contributed by atoms with Crippen molar-refractivity contribution in [3.05, 3.63) is 63.6 Å². The number of hydrogen-bond donors (Lipinski definition) is 2. The minimum Gasteiger partial charge on any atom is -0.355 e. The molecule has 0 saturated heterocycles. The molecule has 0 radical (unpaired) electrons. The van der Waals surface area contributed by atoms with Crippen LogP contribution in [0.5, 0.6) is 0 Å². The molecule has 4 nitrogen and oxygen atoms in total. The molecule has 24 heavy (non-hydrogen) atoms. The first kappa shape index (κ1) is 18.6. The van der Waals surface area contributed by atoms with Crippen molar-refractivity contribution in [3.63, 3.8) is 0 Å². The van der Waals surface area contributed by atoms with Crippen LogP contribution >= 0.6 is 35.0 Å². The average Bonchev–Trinajstić information content (AvgIpc) is 2.57. The van der Waals surface area contributed by atoms with Crippen LogP contribution in [0.15, 0.2) is 42.5 Å². The van der Waals surface area contributed by atoms with Gasteiger partial charge in [-0.2, -0.15) is 0 Å². The van der Waals surface area contributed by atoms with Crippen molar-refractivity contribution in [2.24, 2.45) is 0 Å². The van der Waals surface area contributed by atoms with Gasteiger partial charge in [-0.3, -0.25) is 9.59 Å². The summed E-state index contributed by atoms with van der Waals surface area (Å²) in [5.74, 6) is 0.649. The third kappa shape index (κ3) is 5.44. The van der Waals surface area contributed by atoms with Crippen LogP contribution in [0.3, 0.4) is 0 Å². The number of carbonyl (C=O) groups is 2. The third-order valence-corrected chi connectivity index (χ3v) is 4.73. The Morgan fingerprint density at radius 2 is 1.79 bits per heavy atom. The minimum absolute atomic E-state index is 0.113. The van der Waals surface area contributed by atoms with Crippen molar-refractivity contribution in [2.45, 2.75) is 5.75 Å². The largest absolute Gasteiger partial charge is 0.355 e. The molecule has 0 aliphatic heterocycles. The fourth-order valence-electron chi connectivity index (χ4n) is 1.94. The Morgan fingerprint density at radius 1 is 1.08 bits per heavy atom. The molecular formula is C17H16Cl2N2O2S. The maximum absolute atomic E-state index is 12.0. The Kier molecular flexibility index (Phi) is 6.97. The van der Waals surface area contributed by atoms with Crippen molar-refractivity contribution >= 4 is 52.5 Å². The number of hydrogen-bond acceptors (Lipinski definition) is 3. The van der Waals surface area contributed by atoms with Crippen LogP contribution in [0.1, 0.15) is 15.9 Å². The first-order chi connectivity index (χ1) is 11.5. The van der Waals surface area contributed by atoms with Crippen LogP contribution in [-0.4, -0.2) is 24.6 Å². The highest BCUT2D eigenvalue weighted by Crippen LogP contribution is 2.24. The summed E-state index contributed by atoms with van der Waals surface area (Å²) in [6.45, 7) is 0. The summed E-state index contributed by atoms with van der Waals surface area (Å²) in [4.78, 5) is 23.4. The van der Waals surface area contributed by atoms with Crippen molar-refractivity contribution in [1.82, 2.24) is 5.32 Å². The van der Waals surface area contributed by atoms with E-state index in [0.29, 0.717) is 32.8 Å². The second kappa shape index (κ2) is 8.97. The first-order valence-corrected chi connectivity index (χ1v) is 9.04. The van der Waals surface area contributed by atoms with E-state index in [0.717, 1.165) is 5.56 Å². The molecule has 7 heteroatoms. The smallest absolute Gasteiger partial charge is 0.251 e. The molecule has 2 amide bonds. The summed E-state index contributed by atoms with van der Waals surface area (Å²) >= 11 is 13.4. The highest BCUT2D eigenvalue weighted by Gasteiger charge is 2.07. The number of amides is 2. The maximum Gasteiger partial charge on any atom is 0.251 e. The molecule has 0 unspecified atom stereocenters. The Morgan fingerprint density at radius 3 is 2.42 bits per heavy atom. The molecule has 0 aliphatic rings. The number of rotatable bonds is 6. The van der Waals surface area contributed by atoms with Gasteiger partial charge in [0.15, 0.2) is 0 Å². The van der Waals surface area contributed by atoms with E-state index in [1.807, 2.05) is 6.07 Å². The van der Waals surface area contributed by atoms with E-state index in [9.17, 15) is 9.59 Å². The number of benzene rings is 2. The lowest BCUT2D eigenvalue weighted by atomic mass is 10.2. The van der Waals surface area contributed by atoms with E-state index < -0.39 is 0 Å². The number of halogens is 2. The van der Waals surface area contributed by atoms with Crippen LogP contribution in [0.2, 0.25) is 10.0 Å². The van der Waals surface area contributed by atoms with Crippen LogP contribution in [0.4, 0.5) is 5.69 Å². The predicted octanol–water partition coefficient (Wildman–Crippen LogP) is 4.22. The summed E-state index contributed by atoms with van der Waals surface area (Å²) in [6.07, 6.45) is 0.